The lowest BCUT2D eigenvalue weighted by molar-refractivity contribution is -0.137. The van der Waals surface area contributed by atoms with E-state index in [1.807, 2.05) is 0 Å². The van der Waals surface area contributed by atoms with Crippen LogP contribution >= 0.6 is 0 Å². The highest BCUT2D eigenvalue weighted by atomic mass is 16.6. The first-order chi connectivity index (χ1) is 6.70. The highest BCUT2D eigenvalue weighted by molar-refractivity contribution is 5.68. The summed E-state index contributed by atoms with van der Waals surface area (Å²) < 4.78 is 4.84. The number of carbonyl (C=O) groups excluding carboxylic acids is 1. The van der Waals surface area contributed by atoms with Crippen molar-refractivity contribution < 1.29 is 19.4 Å². The van der Waals surface area contributed by atoms with Gasteiger partial charge in [0.1, 0.15) is 0 Å². The van der Waals surface area contributed by atoms with E-state index in [0.717, 1.165) is 19.4 Å². The van der Waals surface area contributed by atoms with Crippen molar-refractivity contribution >= 4 is 12.1 Å². The predicted molar refractivity (Wildman–Crippen MR) is 49.0 cm³/mol. The number of carboxylic acids is 1. The van der Waals surface area contributed by atoms with Gasteiger partial charge >= 0.3 is 12.1 Å². The van der Waals surface area contributed by atoms with Crippen LogP contribution in [0.25, 0.3) is 0 Å². The summed E-state index contributed by atoms with van der Waals surface area (Å²) in [6.45, 7) is 1.84. The average Bonchev–Trinajstić information content (AvgIpc) is 2.15. The normalized spacial score (nSPS) is 16.6. The van der Waals surface area contributed by atoms with Gasteiger partial charge in [0.15, 0.2) is 0 Å². The molecule has 1 N–H and O–H groups in total. The Morgan fingerprint density at radius 2 is 2.29 bits per heavy atom. The molecule has 0 bridgehead atoms. The van der Waals surface area contributed by atoms with E-state index in [9.17, 15) is 9.59 Å². The third-order valence-electron chi connectivity index (χ3n) is 2.12. The number of hydrogen-bond donors (Lipinski definition) is 1. The molecule has 1 rings (SSSR count). The molecule has 1 aliphatic heterocycles. The van der Waals surface area contributed by atoms with Crippen molar-refractivity contribution in [3.05, 3.63) is 0 Å². The average molecular weight is 201 g/mol. The number of cyclic esters (lactones) is 1. The van der Waals surface area contributed by atoms with E-state index in [1.54, 1.807) is 4.90 Å². The van der Waals surface area contributed by atoms with Crippen molar-refractivity contribution in [3.63, 3.8) is 0 Å². The van der Waals surface area contributed by atoms with Crippen LogP contribution < -0.4 is 0 Å². The van der Waals surface area contributed by atoms with E-state index in [0.29, 0.717) is 19.6 Å². The Morgan fingerprint density at radius 1 is 1.50 bits per heavy atom. The molecule has 0 aromatic rings. The Kier molecular flexibility index (Phi) is 4.22. The Bertz CT molecular complexity index is 217. The zero-order chi connectivity index (χ0) is 10.4. The van der Waals surface area contributed by atoms with Gasteiger partial charge in [-0.15, -0.1) is 0 Å². The Balaban J connectivity index is 2.10. The summed E-state index contributed by atoms with van der Waals surface area (Å²) in [5.41, 5.74) is 0. The van der Waals surface area contributed by atoms with Crippen molar-refractivity contribution in [3.8, 4) is 0 Å². The van der Waals surface area contributed by atoms with Crippen LogP contribution in [0.4, 0.5) is 4.79 Å². The molecule has 14 heavy (non-hydrogen) atoms. The van der Waals surface area contributed by atoms with Crippen molar-refractivity contribution in [1.82, 2.24) is 4.90 Å². The van der Waals surface area contributed by atoms with Gasteiger partial charge in [-0.1, -0.05) is 0 Å². The van der Waals surface area contributed by atoms with Gasteiger partial charge in [0.25, 0.3) is 0 Å². The summed E-state index contributed by atoms with van der Waals surface area (Å²) in [7, 11) is 0. The summed E-state index contributed by atoms with van der Waals surface area (Å²) in [4.78, 5) is 22.9. The largest absolute Gasteiger partial charge is 0.481 e. The van der Waals surface area contributed by atoms with Gasteiger partial charge < -0.3 is 14.7 Å². The molecule has 1 aliphatic rings. The zero-order valence-corrected chi connectivity index (χ0v) is 8.07. The number of ether oxygens (including phenoxy) is 1. The molecule has 1 fully saturated rings. The molecule has 0 radical (unpaired) electrons. The van der Waals surface area contributed by atoms with Gasteiger partial charge in [0.2, 0.25) is 0 Å². The highest BCUT2D eigenvalue weighted by Gasteiger charge is 2.18. The Morgan fingerprint density at radius 3 is 2.93 bits per heavy atom. The first-order valence-electron chi connectivity index (χ1n) is 4.83. The Labute approximate surface area is 82.6 Å². The lowest BCUT2D eigenvalue weighted by atomic mass is 10.2. The minimum absolute atomic E-state index is 0.170. The fourth-order valence-corrected chi connectivity index (χ4v) is 1.38. The van der Waals surface area contributed by atoms with Crippen LogP contribution in [0.2, 0.25) is 0 Å². The van der Waals surface area contributed by atoms with Crippen LogP contribution in [0.15, 0.2) is 0 Å². The third-order valence-corrected chi connectivity index (χ3v) is 2.12. The fourth-order valence-electron chi connectivity index (χ4n) is 1.38. The second-order valence-electron chi connectivity index (χ2n) is 3.31. The predicted octanol–water partition coefficient (Wildman–Crippen LogP) is 1.08. The minimum atomic E-state index is -0.786. The van der Waals surface area contributed by atoms with E-state index < -0.39 is 5.97 Å². The number of carbonyl (C=O) groups is 2. The maximum atomic E-state index is 11.1. The van der Waals surface area contributed by atoms with Crippen LogP contribution in [0.5, 0.6) is 0 Å². The lowest BCUT2D eigenvalue weighted by Crippen LogP contribution is -2.38. The van der Waals surface area contributed by atoms with Gasteiger partial charge in [-0.05, 0) is 19.3 Å². The molecule has 1 saturated heterocycles. The molecule has 0 aromatic heterocycles. The maximum absolute atomic E-state index is 11.1. The zero-order valence-electron chi connectivity index (χ0n) is 8.07. The van der Waals surface area contributed by atoms with E-state index >= 15 is 0 Å². The summed E-state index contributed by atoms with van der Waals surface area (Å²) in [5, 5.41) is 8.40. The molecular formula is C9H15NO4. The molecule has 1 amide bonds. The van der Waals surface area contributed by atoms with Gasteiger partial charge in [-0.2, -0.15) is 0 Å². The van der Waals surface area contributed by atoms with Crippen LogP contribution in [0.1, 0.15) is 25.7 Å². The van der Waals surface area contributed by atoms with Crippen LogP contribution in [-0.4, -0.2) is 41.8 Å². The smallest absolute Gasteiger partial charge is 0.409 e. The molecule has 1 heterocycles. The van der Waals surface area contributed by atoms with E-state index in [2.05, 4.69) is 0 Å². The van der Waals surface area contributed by atoms with Gasteiger partial charge in [0.05, 0.1) is 6.61 Å². The molecular weight excluding hydrogens is 186 g/mol. The summed E-state index contributed by atoms with van der Waals surface area (Å²) in [5.74, 6) is -0.786. The van der Waals surface area contributed by atoms with E-state index in [1.165, 1.54) is 0 Å². The first-order valence-corrected chi connectivity index (χ1v) is 4.83. The summed E-state index contributed by atoms with van der Waals surface area (Å²) in [6, 6.07) is 0. The quantitative estimate of drug-likeness (QED) is 0.676. The Hall–Kier alpha value is -1.26. The fraction of sp³-hybridized carbons (Fsp3) is 0.778. The maximum Gasteiger partial charge on any atom is 0.409 e. The van der Waals surface area contributed by atoms with Gasteiger partial charge in [0, 0.05) is 19.5 Å². The van der Waals surface area contributed by atoms with Crippen molar-refractivity contribution in [2.75, 3.05) is 19.7 Å². The highest BCUT2D eigenvalue weighted by Crippen LogP contribution is 2.06. The van der Waals surface area contributed by atoms with Crippen LogP contribution in [-0.2, 0) is 9.53 Å². The van der Waals surface area contributed by atoms with Crippen molar-refractivity contribution in [2.24, 2.45) is 0 Å². The summed E-state index contributed by atoms with van der Waals surface area (Å²) in [6.07, 6.45) is 2.10. The first kappa shape index (κ1) is 10.8. The standard InChI is InChI=1S/C9H15NO4/c11-8(12)4-1-2-5-10-6-3-7-14-9(10)13/h1-7H2,(H,11,12). The molecule has 0 saturated carbocycles. The third kappa shape index (κ3) is 3.64. The molecule has 0 spiro atoms. The lowest BCUT2D eigenvalue weighted by Gasteiger charge is -2.26. The summed E-state index contributed by atoms with van der Waals surface area (Å²) >= 11 is 0. The minimum Gasteiger partial charge on any atom is -0.481 e. The van der Waals surface area contributed by atoms with Gasteiger partial charge in [-0.25, -0.2) is 4.79 Å². The number of rotatable bonds is 5. The molecule has 5 nitrogen and oxygen atoms in total. The SMILES string of the molecule is O=C(O)CCCCN1CCCOC1=O. The number of nitrogens with zero attached hydrogens (tertiary/aromatic N) is 1. The number of carboxylic acid groups (broad SMARTS) is 1. The number of amides is 1. The monoisotopic (exact) mass is 201 g/mol. The second-order valence-corrected chi connectivity index (χ2v) is 3.31. The van der Waals surface area contributed by atoms with Gasteiger partial charge in [-0.3, -0.25) is 4.79 Å². The second kappa shape index (κ2) is 5.47. The van der Waals surface area contributed by atoms with Crippen LogP contribution in [0, 0.1) is 0 Å². The molecule has 0 atom stereocenters. The number of unbranched alkanes of at least 4 members (excludes halogenated alkanes) is 1. The molecule has 80 valence electrons. The molecule has 0 aromatic carbocycles. The molecule has 5 heteroatoms. The van der Waals surface area contributed by atoms with E-state index in [4.69, 9.17) is 9.84 Å². The number of hydrogen-bond acceptors (Lipinski definition) is 3. The van der Waals surface area contributed by atoms with Crippen molar-refractivity contribution in [2.45, 2.75) is 25.7 Å². The van der Waals surface area contributed by atoms with Crippen LogP contribution in [0.3, 0.4) is 0 Å². The topological polar surface area (TPSA) is 66.8 Å². The van der Waals surface area contributed by atoms with Crippen molar-refractivity contribution in [1.29, 1.82) is 0 Å². The molecule has 0 unspecified atom stereocenters. The number of aliphatic carboxylic acids is 1. The molecule has 0 aliphatic carbocycles. The van der Waals surface area contributed by atoms with E-state index in [-0.39, 0.29) is 12.5 Å².